The average Bonchev–Trinajstić information content (AvgIpc) is 4.13. The van der Waals surface area contributed by atoms with Crippen molar-refractivity contribution >= 4 is 56.3 Å². The monoisotopic (exact) mass is 851 g/mol. The standard InChI is InChI=1S/C52H70N10O/c1-10-16-37-38(17-11-2)46-53-45(37)54-47-39(18-12-3)41(20-14-5)49(56-47)58-51-43(61(7)8)44(52(60-51)59-50-42(21-15-6)40(19-13-4)48(55-46)57-50)62(9)30-32-23-26-36(27-24-32)63-31-35-29-33-22-25-34(35)28-33/h22-27,33-35H,10-21,28-31H2,1-9H3,(H2,53,54,55,56,57,58,59,60)/t33-,34+,35?/m1/s1. The molecule has 3 atom stereocenters. The van der Waals surface area contributed by atoms with Crippen molar-refractivity contribution in [2.24, 2.45) is 17.8 Å². The van der Waals surface area contributed by atoms with Crippen LogP contribution in [0.25, 0.3) is 44.9 Å². The number of fused-ring (bicyclic) bond motifs is 10. The van der Waals surface area contributed by atoms with Crippen molar-refractivity contribution in [1.29, 1.82) is 0 Å². The number of allylic oxidation sites excluding steroid dienone is 6. The molecule has 0 spiro atoms. The van der Waals surface area contributed by atoms with E-state index in [4.69, 9.17) is 34.6 Å². The topological polar surface area (TPSA) is 125 Å². The first-order chi connectivity index (χ1) is 30.7. The number of hydrogen-bond donors (Lipinski definition) is 2. The maximum Gasteiger partial charge on any atom is 0.160 e. The summed E-state index contributed by atoms with van der Waals surface area (Å²) in [6.07, 6.45) is 18.5. The number of anilines is 2. The molecule has 1 fully saturated rings. The van der Waals surface area contributed by atoms with Gasteiger partial charge >= 0.3 is 0 Å². The van der Waals surface area contributed by atoms with Crippen molar-refractivity contribution in [1.82, 2.24) is 39.9 Å². The Morgan fingerprint density at radius 3 is 1.49 bits per heavy atom. The number of benzene rings is 1. The fourth-order valence-electron chi connectivity index (χ4n) is 10.4. The van der Waals surface area contributed by atoms with E-state index in [0.717, 1.165) is 152 Å². The molecule has 3 aromatic heterocycles. The zero-order valence-corrected chi connectivity index (χ0v) is 39.5. The number of hydrogen-bond acceptors (Lipinski definition) is 9. The summed E-state index contributed by atoms with van der Waals surface area (Å²) in [5.74, 6) is 5.93. The minimum absolute atomic E-state index is 0.621. The summed E-state index contributed by atoms with van der Waals surface area (Å²) in [6, 6.07) is 8.63. The second-order valence-corrected chi connectivity index (χ2v) is 18.4. The smallest absolute Gasteiger partial charge is 0.160 e. The molecule has 1 unspecified atom stereocenters. The van der Waals surface area contributed by atoms with Gasteiger partial charge < -0.3 is 24.5 Å². The summed E-state index contributed by atoms with van der Waals surface area (Å²) in [5.41, 5.74) is 13.4. The molecule has 4 aliphatic rings. The molecule has 63 heavy (non-hydrogen) atoms. The summed E-state index contributed by atoms with van der Waals surface area (Å²) in [7, 11) is 6.34. The molecule has 1 aromatic carbocycles. The van der Waals surface area contributed by atoms with Gasteiger partial charge in [0.05, 0.1) is 6.61 Å². The fraction of sp³-hybridized carbons (Fsp3) is 0.538. The van der Waals surface area contributed by atoms with Gasteiger partial charge in [-0.1, -0.05) is 104 Å². The predicted molar refractivity (Wildman–Crippen MR) is 261 cm³/mol. The molecular weight excluding hydrogens is 781 g/mol. The first-order valence-electron chi connectivity index (χ1n) is 24.2. The van der Waals surface area contributed by atoms with Crippen LogP contribution in [-0.4, -0.2) is 67.6 Å². The number of aryl methyl sites for hydroxylation is 2. The minimum atomic E-state index is 0.621. The van der Waals surface area contributed by atoms with Crippen LogP contribution in [0.5, 0.6) is 5.75 Å². The molecule has 0 saturated heterocycles. The Morgan fingerprint density at radius 2 is 1.02 bits per heavy atom. The molecule has 8 rings (SSSR count). The van der Waals surface area contributed by atoms with Crippen LogP contribution in [0.4, 0.5) is 11.4 Å². The van der Waals surface area contributed by atoms with Crippen LogP contribution in [0.15, 0.2) is 36.4 Å². The Hall–Kier alpha value is -5.32. The van der Waals surface area contributed by atoms with E-state index in [2.05, 4.69) is 119 Å². The molecule has 11 nitrogen and oxygen atoms in total. The van der Waals surface area contributed by atoms with Crippen LogP contribution in [0, 0.1) is 17.8 Å². The first-order valence-corrected chi connectivity index (χ1v) is 24.2. The van der Waals surface area contributed by atoms with Crippen molar-refractivity contribution in [3.63, 3.8) is 0 Å². The highest BCUT2D eigenvalue weighted by Gasteiger charge is 2.36. The van der Waals surface area contributed by atoms with Crippen molar-refractivity contribution in [2.75, 3.05) is 37.5 Å². The zero-order chi connectivity index (χ0) is 44.2. The lowest BCUT2D eigenvalue weighted by atomic mass is 9.95. The van der Waals surface area contributed by atoms with Crippen molar-refractivity contribution in [2.45, 2.75) is 138 Å². The lowest BCUT2D eigenvalue weighted by molar-refractivity contribution is 0.227. The quantitative estimate of drug-likeness (QED) is 0.0887. The van der Waals surface area contributed by atoms with E-state index < -0.39 is 0 Å². The maximum absolute atomic E-state index is 6.35. The van der Waals surface area contributed by atoms with Gasteiger partial charge in [0.15, 0.2) is 34.6 Å². The second kappa shape index (κ2) is 19.6. The van der Waals surface area contributed by atoms with Crippen LogP contribution in [0.1, 0.15) is 159 Å². The Kier molecular flexibility index (Phi) is 13.8. The molecule has 2 aliphatic carbocycles. The van der Waals surface area contributed by atoms with Crippen LogP contribution >= 0.6 is 0 Å². The Morgan fingerprint density at radius 1 is 0.540 bits per heavy atom. The van der Waals surface area contributed by atoms with E-state index in [1.54, 1.807) is 0 Å². The van der Waals surface area contributed by atoms with E-state index in [-0.39, 0.29) is 0 Å². The highest BCUT2D eigenvalue weighted by Crippen LogP contribution is 2.44. The molecular formula is C52H70N10O. The SMILES string of the molecule is CCCC1=C(CCC)c2nc1nc1nc(nc3[nH]c(nc4[nH]c(n2)c(CCC)c4CCC)c(N(C)C)c3N(C)Cc2ccc(OCC3C[C@@H]4C=C[C@H]3C4)cc2)C(CCC)=C1CCC. The minimum Gasteiger partial charge on any atom is -0.493 e. The normalized spacial score (nSPS) is 18.0. The van der Waals surface area contributed by atoms with Gasteiger partial charge in [-0.05, 0) is 86.8 Å². The van der Waals surface area contributed by atoms with Gasteiger partial charge in [-0.25, -0.2) is 29.9 Å². The van der Waals surface area contributed by atoms with Gasteiger partial charge in [0.2, 0.25) is 0 Å². The first kappa shape index (κ1) is 44.3. The van der Waals surface area contributed by atoms with Crippen molar-refractivity contribution < 1.29 is 4.74 Å². The Bertz CT molecular complexity index is 2540. The molecule has 2 aliphatic heterocycles. The molecule has 10 bridgehead atoms. The third-order valence-electron chi connectivity index (χ3n) is 13.2. The molecule has 0 radical (unpaired) electrons. The summed E-state index contributed by atoms with van der Waals surface area (Å²) >= 11 is 0. The number of ether oxygens (including phenoxy) is 1. The molecule has 4 aromatic rings. The summed E-state index contributed by atoms with van der Waals surface area (Å²) < 4.78 is 6.35. The Balaban J connectivity index is 1.34. The summed E-state index contributed by atoms with van der Waals surface area (Å²) in [6.45, 7) is 14.8. The van der Waals surface area contributed by atoms with Gasteiger partial charge in [0.25, 0.3) is 0 Å². The Labute approximate surface area is 375 Å². The van der Waals surface area contributed by atoms with Gasteiger partial charge in [-0.2, -0.15) is 0 Å². The number of nitrogens with zero attached hydrogens (tertiary/aromatic N) is 8. The van der Waals surface area contributed by atoms with Crippen LogP contribution in [0.3, 0.4) is 0 Å². The molecule has 1 saturated carbocycles. The largest absolute Gasteiger partial charge is 0.493 e. The van der Waals surface area contributed by atoms with E-state index in [1.165, 1.54) is 46.3 Å². The number of nitrogens with one attached hydrogen (secondary N) is 2. The fourth-order valence-corrected chi connectivity index (χ4v) is 10.4. The van der Waals surface area contributed by atoms with Crippen molar-refractivity contribution in [3.05, 3.63) is 76.4 Å². The van der Waals surface area contributed by atoms with Crippen molar-refractivity contribution in [3.8, 4) is 5.75 Å². The van der Waals surface area contributed by atoms with Gasteiger partial charge in [-0.15, -0.1) is 0 Å². The van der Waals surface area contributed by atoms with Gasteiger partial charge in [-0.3, -0.25) is 0 Å². The number of aromatic amines is 2. The van der Waals surface area contributed by atoms with Gasteiger partial charge in [0.1, 0.15) is 28.4 Å². The zero-order valence-electron chi connectivity index (χ0n) is 39.5. The summed E-state index contributed by atoms with van der Waals surface area (Å²) in [4.78, 5) is 44.4. The van der Waals surface area contributed by atoms with E-state index >= 15 is 0 Å². The lowest BCUT2D eigenvalue weighted by Crippen LogP contribution is -2.20. The highest BCUT2D eigenvalue weighted by atomic mass is 16.5. The third kappa shape index (κ3) is 9.07. The summed E-state index contributed by atoms with van der Waals surface area (Å²) in [5, 5.41) is 0. The predicted octanol–water partition coefficient (Wildman–Crippen LogP) is 12.1. The molecule has 5 heterocycles. The highest BCUT2D eigenvalue weighted by molar-refractivity contribution is 5.97. The molecule has 2 N–H and O–H groups in total. The molecule has 334 valence electrons. The van der Waals surface area contributed by atoms with Crippen LogP contribution < -0.4 is 14.5 Å². The number of rotatable bonds is 19. The average molecular weight is 851 g/mol. The van der Waals surface area contributed by atoms with E-state index in [0.29, 0.717) is 24.2 Å². The van der Waals surface area contributed by atoms with E-state index in [1.807, 2.05) is 0 Å². The molecule has 11 heteroatoms. The second-order valence-electron chi connectivity index (χ2n) is 18.4. The maximum atomic E-state index is 6.35. The molecule has 0 amide bonds. The van der Waals surface area contributed by atoms with Crippen LogP contribution in [-0.2, 0) is 19.4 Å². The van der Waals surface area contributed by atoms with Gasteiger partial charge in [0, 0.05) is 61.1 Å². The number of H-pyrrole nitrogens is 2. The number of aromatic nitrogens is 8. The lowest BCUT2D eigenvalue weighted by Gasteiger charge is -2.23. The third-order valence-corrected chi connectivity index (χ3v) is 13.2. The van der Waals surface area contributed by atoms with E-state index in [9.17, 15) is 0 Å². The van der Waals surface area contributed by atoms with Crippen LogP contribution in [0.2, 0.25) is 0 Å².